The van der Waals surface area contributed by atoms with Gasteiger partial charge in [0.2, 0.25) is 11.8 Å². The predicted molar refractivity (Wildman–Crippen MR) is 86.5 cm³/mol. The Morgan fingerprint density at radius 2 is 1.67 bits per heavy atom. The van der Waals surface area contributed by atoms with E-state index in [0.29, 0.717) is 0 Å². The minimum atomic E-state index is -0.608. The third-order valence-corrected chi connectivity index (χ3v) is 4.07. The van der Waals surface area contributed by atoms with Gasteiger partial charge in [-0.3, -0.25) is 14.2 Å². The van der Waals surface area contributed by atoms with Crippen molar-refractivity contribution in [3.63, 3.8) is 0 Å². The lowest BCUT2D eigenvalue weighted by atomic mass is 9.91. The normalized spacial score (nSPS) is 15.2. The second-order valence-electron chi connectivity index (χ2n) is 5.66. The number of ether oxygens (including phenoxy) is 1. The number of nitrogens with zero attached hydrogens (tertiary/aromatic N) is 2. The Balaban J connectivity index is 1.76. The summed E-state index contributed by atoms with van der Waals surface area (Å²) in [5, 5.41) is 0. The molecule has 124 valence electrons. The van der Waals surface area contributed by atoms with E-state index >= 15 is 0 Å². The van der Waals surface area contributed by atoms with Gasteiger partial charge < -0.3 is 4.74 Å². The molecular formula is C18H18N2O4. The largest absolute Gasteiger partial charge is 0.447 e. The molecule has 1 saturated heterocycles. The predicted octanol–water partition coefficient (Wildman–Crippen LogP) is 2.67. The molecule has 2 aromatic rings. The van der Waals surface area contributed by atoms with Gasteiger partial charge >= 0.3 is 6.09 Å². The van der Waals surface area contributed by atoms with Crippen molar-refractivity contribution in [2.24, 2.45) is 0 Å². The molecule has 0 radical (unpaired) electrons. The van der Waals surface area contributed by atoms with E-state index in [1.165, 1.54) is 4.57 Å². The molecule has 24 heavy (non-hydrogen) atoms. The first-order valence-electron chi connectivity index (χ1n) is 7.83. The van der Waals surface area contributed by atoms with Gasteiger partial charge in [0.15, 0.2) is 0 Å². The van der Waals surface area contributed by atoms with Crippen molar-refractivity contribution < 1.29 is 19.1 Å². The van der Waals surface area contributed by atoms with Gasteiger partial charge in [0.05, 0.1) is 6.54 Å². The standard InChI is InChI=1S/C18H18N2O4/c21-16(19-8-4-5-9-19)12-15(14-6-2-1-3-7-14)13-17(22)20-10-11-24-18(20)23/h1-9,15H,10-13H2/t15-/m0/s1. The monoisotopic (exact) mass is 326 g/mol. The smallest absolute Gasteiger partial charge is 0.416 e. The summed E-state index contributed by atoms with van der Waals surface area (Å²) in [4.78, 5) is 37.5. The maximum absolute atomic E-state index is 12.4. The fourth-order valence-electron chi connectivity index (χ4n) is 2.79. The van der Waals surface area contributed by atoms with Crippen molar-refractivity contribution in [3.05, 3.63) is 60.4 Å². The van der Waals surface area contributed by atoms with E-state index in [2.05, 4.69) is 0 Å². The summed E-state index contributed by atoms with van der Waals surface area (Å²) in [5.74, 6) is -0.695. The molecule has 1 fully saturated rings. The Kier molecular flexibility index (Phi) is 4.74. The van der Waals surface area contributed by atoms with Crippen LogP contribution in [0.4, 0.5) is 4.79 Å². The molecule has 1 aliphatic rings. The number of carbonyl (C=O) groups excluding carboxylic acids is 3. The van der Waals surface area contributed by atoms with Gasteiger partial charge in [-0.15, -0.1) is 0 Å². The van der Waals surface area contributed by atoms with E-state index in [4.69, 9.17) is 4.74 Å². The molecule has 3 rings (SSSR count). The molecule has 0 N–H and O–H groups in total. The zero-order valence-electron chi connectivity index (χ0n) is 13.1. The maximum atomic E-state index is 12.4. The number of imide groups is 1. The first kappa shape index (κ1) is 16.0. The molecule has 6 heteroatoms. The first-order valence-corrected chi connectivity index (χ1v) is 7.83. The van der Waals surface area contributed by atoms with E-state index in [1.54, 1.807) is 24.5 Å². The molecule has 0 aliphatic carbocycles. The minimum Gasteiger partial charge on any atom is -0.447 e. The quantitative estimate of drug-likeness (QED) is 0.847. The molecular weight excluding hydrogens is 308 g/mol. The van der Waals surface area contributed by atoms with Crippen molar-refractivity contribution in [3.8, 4) is 0 Å². The van der Waals surface area contributed by atoms with Crippen LogP contribution in [0.1, 0.15) is 29.1 Å². The topological polar surface area (TPSA) is 68.6 Å². The Morgan fingerprint density at radius 1 is 1.00 bits per heavy atom. The fraction of sp³-hybridized carbons (Fsp3) is 0.278. The highest BCUT2D eigenvalue weighted by molar-refractivity contribution is 5.93. The number of carbonyl (C=O) groups is 3. The summed E-state index contributed by atoms with van der Waals surface area (Å²) in [6.07, 6.45) is 3.04. The van der Waals surface area contributed by atoms with Crippen molar-refractivity contribution in [2.45, 2.75) is 18.8 Å². The zero-order chi connectivity index (χ0) is 16.9. The number of amides is 2. The summed E-state index contributed by atoms with van der Waals surface area (Å²) in [5.41, 5.74) is 0.902. The Morgan fingerprint density at radius 3 is 2.29 bits per heavy atom. The molecule has 0 saturated carbocycles. The summed E-state index contributed by atoms with van der Waals surface area (Å²) in [6, 6.07) is 13.0. The molecule has 1 atom stereocenters. The average Bonchev–Trinajstić information content (AvgIpc) is 3.26. The van der Waals surface area contributed by atoms with Crippen LogP contribution in [-0.2, 0) is 9.53 Å². The van der Waals surface area contributed by atoms with E-state index in [0.717, 1.165) is 10.5 Å². The van der Waals surface area contributed by atoms with Crippen LogP contribution in [0.25, 0.3) is 0 Å². The minimum absolute atomic E-state index is 0.0894. The number of hydrogen-bond donors (Lipinski definition) is 0. The molecule has 1 aromatic carbocycles. The van der Waals surface area contributed by atoms with Crippen molar-refractivity contribution in [1.29, 1.82) is 0 Å². The lowest BCUT2D eigenvalue weighted by molar-refractivity contribution is -0.128. The van der Waals surface area contributed by atoms with Gasteiger partial charge in [-0.05, 0) is 17.7 Å². The number of rotatable bonds is 5. The van der Waals surface area contributed by atoms with Gasteiger partial charge in [0.25, 0.3) is 0 Å². The molecule has 2 heterocycles. The lowest BCUT2D eigenvalue weighted by Crippen LogP contribution is -2.33. The summed E-state index contributed by atoms with van der Waals surface area (Å²) in [6.45, 7) is 0.494. The molecule has 0 spiro atoms. The van der Waals surface area contributed by atoms with Crippen LogP contribution < -0.4 is 0 Å². The molecule has 1 aliphatic heterocycles. The van der Waals surface area contributed by atoms with Crippen LogP contribution in [0.5, 0.6) is 0 Å². The Hall–Kier alpha value is -2.89. The molecule has 0 unspecified atom stereocenters. The highest BCUT2D eigenvalue weighted by Gasteiger charge is 2.31. The van der Waals surface area contributed by atoms with Crippen LogP contribution in [-0.4, -0.2) is 40.5 Å². The molecule has 6 nitrogen and oxygen atoms in total. The van der Waals surface area contributed by atoms with Gasteiger partial charge in [0.1, 0.15) is 6.61 Å². The van der Waals surface area contributed by atoms with E-state index in [9.17, 15) is 14.4 Å². The van der Waals surface area contributed by atoms with Crippen LogP contribution >= 0.6 is 0 Å². The van der Waals surface area contributed by atoms with E-state index < -0.39 is 6.09 Å². The van der Waals surface area contributed by atoms with Crippen molar-refractivity contribution in [1.82, 2.24) is 9.47 Å². The van der Waals surface area contributed by atoms with Gasteiger partial charge in [-0.2, -0.15) is 0 Å². The summed E-state index contributed by atoms with van der Waals surface area (Å²) < 4.78 is 6.31. The van der Waals surface area contributed by atoms with Crippen molar-refractivity contribution in [2.75, 3.05) is 13.2 Å². The highest BCUT2D eigenvalue weighted by atomic mass is 16.6. The average molecular weight is 326 g/mol. The first-order chi connectivity index (χ1) is 11.6. The lowest BCUT2D eigenvalue weighted by Gasteiger charge is -2.19. The SMILES string of the molecule is O=C(C[C@H](CC(=O)n1cccc1)c1ccccc1)N1CCOC1=O. The van der Waals surface area contributed by atoms with Crippen LogP contribution in [0.3, 0.4) is 0 Å². The maximum Gasteiger partial charge on any atom is 0.416 e. The second kappa shape index (κ2) is 7.12. The third-order valence-electron chi connectivity index (χ3n) is 4.07. The van der Waals surface area contributed by atoms with E-state index in [1.807, 2.05) is 30.3 Å². The number of aromatic nitrogens is 1. The number of hydrogen-bond acceptors (Lipinski definition) is 4. The van der Waals surface area contributed by atoms with Crippen molar-refractivity contribution >= 4 is 17.9 Å². The molecule has 0 bridgehead atoms. The van der Waals surface area contributed by atoms with Gasteiger partial charge in [0, 0.05) is 31.2 Å². The molecule has 2 amide bonds. The Bertz CT molecular complexity index is 725. The van der Waals surface area contributed by atoms with Gasteiger partial charge in [-0.25, -0.2) is 9.69 Å². The number of cyclic esters (lactones) is 1. The van der Waals surface area contributed by atoms with Crippen LogP contribution in [0.2, 0.25) is 0 Å². The fourth-order valence-corrected chi connectivity index (χ4v) is 2.79. The van der Waals surface area contributed by atoms with Gasteiger partial charge in [-0.1, -0.05) is 30.3 Å². The van der Waals surface area contributed by atoms with E-state index in [-0.39, 0.29) is 43.7 Å². The summed E-state index contributed by atoms with van der Waals surface area (Å²) >= 11 is 0. The zero-order valence-corrected chi connectivity index (χ0v) is 13.1. The summed E-state index contributed by atoms with van der Waals surface area (Å²) in [7, 11) is 0. The molecule has 1 aromatic heterocycles. The number of benzene rings is 1. The van der Waals surface area contributed by atoms with Crippen LogP contribution in [0.15, 0.2) is 54.9 Å². The Labute approximate surface area is 139 Å². The highest BCUT2D eigenvalue weighted by Crippen LogP contribution is 2.26. The third kappa shape index (κ3) is 3.53. The second-order valence-corrected chi connectivity index (χ2v) is 5.66. The van der Waals surface area contributed by atoms with Crippen LogP contribution in [0, 0.1) is 0 Å².